The van der Waals surface area contributed by atoms with Crippen LogP contribution in [0.15, 0.2) is 47.9 Å². The summed E-state index contributed by atoms with van der Waals surface area (Å²) < 4.78 is 0. The van der Waals surface area contributed by atoms with Crippen molar-refractivity contribution < 1.29 is 9.59 Å². The van der Waals surface area contributed by atoms with Crippen LogP contribution in [0, 0.1) is 0 Å². The van der Waals surface area contributed by atoms with Crippen LogP contribution < -0.4 is 16.2 Å². The van der Waals surface area contributed by atoms with Gasteiger partial charge in [-0.3, -0.25) is 25.8 Å². The van der Waals surface area contributed by atoms with Crippen molar-refractivity contribution in [2.45, 2.75) is 26.2 Å². The number of carbonyl (C=O) groups is 2. The zero-order chi connectivity index (χ0) is 18.9. The third-order valence-corrected chi connectivity index (χ3v) is 4.58. The number of thiocarbonyl (C=S) groups is 1. The molecule has 0 aliphatic carbocycles. The highest BCUT2D eigenvalue weighted by atomic mass is 32.1. The van der Waals surface area contributed by atoms with Crippen LogP contribution in [0.3, 0.4) is 0 Å². The molecule has 5 nitrogen and oxygen atoms in total. The Bertz CT molecular complexity index is 782. The SMILES string of the molecule is CC(C)c1ccc(/C=C/C(=O)NC(=S)NNC(=O)Cc2cccs2)cc1. The van der Waals surface area contributed by atoms with Crippen molar-refractivity contribution in [1.82, 2.24) is 16.2 Å². The normalized spacial score (nSPS) is 10.7. The third-order valence-electron chi connectivity index (χ3n) is 3.50. The Hall–Kier alpha value is -2.51. The van der Waals surface area contributed by atoms with Gasteiger partial charge in [0, 0.05) is 11.0 Å². The van der Waals surface area contributed by atoms with E-state index in [1.807, 2.05) is 41.8 Å². The lowest BCUT2D eigenvalue weighted by atomic mass is 10.0. The summed E-state index contributed by atoms with van der Waals surface area (Å²) in [6, 6.07) is 11.8. The molecule has 0 aliphatic heterocycles. The van der Waals surface area contributed by atoms with Crippen LogP contribution >= 0.6 is 23.6 Å². The monoisotopic (exact) mass is 387 g/mol. The predicted octanol–water partition coefficient (Wildman–Crippen LogP) is 3.15. The molecule has 0 unspecified atom stereocenters. The minimum Gasteiger partial charge on any atom is -0.298 e. The van der Waals surface area contributed by atoms with Gasteiger partial charge in [-0.25, -0.2) is 0 Å². The summed E-state index contributed by atoms with van der Waals surface area (Å²) in [7, 11) is 0. The van der Waals surface area contributed by atoms with E-state index < -0.39 is 0 Å². The number of rotatable bonds is 5. The lowest BCUT2D eigenvalue weighted by Gasteiger charge is -2.09. The molecule has 1 heterocycles. The Morgan fingerprint density at radius 1 is 1.15 bits per heavy atom. The number of carbonyl (C=O) groups excluding carboxylic acids is 2. The molecular formula is C19H21N3O2S2. The predicted molar refractivity (Wildman–Crippen MR) is 110 cm³/mol. The highest BCUT2D eigenvalue weighted by Gasteiger charge is 2.06. The smallest absolute Gasteiger partial charge is 0.250 e. The summed E-state index contributed by atoms with van der Waals surface area (Å²) in [5.74, 6) is -0.137. The Morgan fingerprint density at radius 2 is 1.88 bits per heavy atom. The molecule has 2 aromatic rings. The molecule has 0 spiro atoms. The van der Waals surface area contributed by atoms with Gasteiger partial charge in [0.25, 0.3) is 0 Å². The maximum atomic E-state index is 11.9. The van der Waals surface area contributed by atoms with Crippen molar-refractivity contribution >= 4 is 46.6 Å². The van der Waals surface area contributed by atoms with Crippen LogP contribution in [-0.4, -0.2) is 16.9 Å². The van der Waals surface area contributed by atoms with Crippen LogP contribution in [0.4, 0.5) is 0 Å². The first-order valence-electron chi connectivity index (χ1n) is 8.14. The number of amides is 2. The molecular weight excluding hydrogens is 366 g/mol. The van der Waals surface area contributed by atoms with Gasteiger partial charge in [0.05, 0.1) is 6.42 Å². The standard InChI is InChI=1S/C19H21N3O2S2/c1-13(2)15-8-5-14(6-9-15)7-10-17(23)20-19(25)22-21-18(24)12-16-4-3-11-26-16/h3-11,13H,12H2,1-2H3,(H,21,24)(H2,20,22,23,25)/b10-7+. The fourth-order valence-electron chi connectivity index (χ4n) is 2.09. The van der Waals surface area contributed by atoms with Crippen molar-refractivity contribution in [2.24, 2.45) is 0 Å². The van der Waals surface area contributed by atoms with Gasteiger partial charge in [0.15, 0.2) is 5.11 Å². The molecule has 26 heavy (non-hydrogen) atoms. The van der Waals surface area contributed by atoms with E-state index in [2.05, 4.69) is 30.0 Å². The van der Waals surface area contributed by atoms with Crippen molar-refractivity contribution in [2.75, 3.05) is 0 Å². The number of hydrogen-bond acceptors (Lipinski definition) is 4. The molecule has 7 heteroatoms. The van der Waals surface area contributed by atoms with E-state index in [9.17, 15) is 9.59 Å². The van der Waals surface area contributed by atoms with Crippen molar-refractivity contribution in [1.29, 1.82) is 0 Å². The quantitative estimate of drug-likeness (QED) is 0.419. The van der Waals surface area contributed by atoms with E-state index in [1.165, 1.54) is 23.0 Å². The molecule has 3 N–H and O–H groups in total. The minimum absolute atomic E-state index is 0.0364. The zero-order valence-electron chi connectivity index (χ0n) is 14.6. The first-order valence-corrected chi connectivity index (χ1v) is 9.43. The van der Waals surface area contributed by atoms with Gasteiger partial charge < -0.3 is 0 Å². The van der Waals surface area contributed by atoms with Crippen LogP contribution in [0.1, 0.15) is 35.8 Å². The van der Waals surface area contributed by atoms with E-state index in [0.29, 0.717) is 5.92 Å². The lowest BCUT2D eigenvalue weighted by Crippen LogP contribution is -2.48. The average molecular weight is 388 g/mol. The van der Waals surface area contributed by atoms with Gasteiger partial charge in [-0.15, -0.1) is 11.3 Å². The Labute approximate surface area is 162 Å². The molecule has 136 valence electrons. The Kier molecular flexibility index (Phi) is 7.50. The molecule has 0 saturated carbocycles. The van der Waals surface area contributed by atoms with E-state index in [4.69, 9.17) is 12.2 Å². The van der Waals surface area contributed by atoms with Gasteiger partial charge in [0.2, 0.25) is 11.8 Å². The lowest BCUT2D eigenvalue weighted by molar-refractivity contribution is -0.121. The summed E-state index contributed by atoms with van der Waals surface area (Å²) >= 11 is 6.49. The molecule has 0 saturated heterocycles. The van der Waals surface area contributed by atoms with E-state index in [0.717, 1.165) is 10.4 Å². The highest BCUT2D eigenvalue weighted by Crippen LogP contribution is 2.15. The minimum atomic E-state index is -0.372. The topological polar surface area (TPSA) is 70.2 Å². The summed E-state index contributed by atoms with van der Waals surface area (Å²) in [4.78, 5) is 24.5. The van der Waals surface area contributed by atoms with Gasteiger partial charge in [-0.2, -0.15) is 0 Å². The Morgan fingerprint density at radius 3 is 2.50 bits per heavy atom. The maximum Gasteiger partial charge on any atom is 0.250 e. The second-order valence-electron chi connectivity index (χ2n) is 5.90. The van der Waals surface area contributed by atoms with Crippen molar-refractivity contribution in [3.05, 3.63) is 63.9 Å². The Balaban J connectivity index is 1.74. The molecule has 1 aromatic heterocycles. The zero-order valence-corrected chi connectivity index (χ0v) is 16.2. The summed E-state index contributed by atoms with van der Waals surface area (Å²) in [6.07, 6.45) is 3.36. The molecule has 0 atom stereocenters. The molecule has 1 aromatic carbocycles. The first-order chi connectivity index (χ1) is 12.4. The summed E-state index contributed by atoms with van der Waals surface area (Å²) in [5.41, 5.74) is 7.14. The fraction of sp³-hybridized carbons (Fsp3) is 0.211. The van der Waals surface area contributed by atoms with Gasteiger partial charge >= 0.3 is 0 Å². The average Bonchev–Trinajstić information content (AvgIpc) is 3.11. The number of hydrazine groups is 1. The summed E-state index contributed by atoms with van der Waals surface area (Å²) in [6.45, 7) is 4.26. The third kappa shape index (κ3) is 6.78. The van der Waals surface area contributed by atoms with Crippen molar-refractivity contribution in [3.63, 3.8) is 0 Å². The number of nitrogens with one attached hydrogen (secondary N) is 3. The largest absolute Gasteiger partial charge is 0.298 e. The second kappa shape index (κ2) is 9.84. The number of benzene rings is 1. The fourth-order valence-corrected chi connectivity index (χ4v) is 2.95. The van der Waals surface area contributed by atoms with Crippen LogP contribution in [-0.2, 0) is 16.0 Å². The molecule has 0 radical (unpaired) electrons. The number of hydrogen-bond donors (Lipinski definition) is 3. The van der Waals surface area contributed by atoms with Crippen LogP contribution in [0.2, 0.25) is 0 Å². The summed E-state index contributed by atoms with van der Waals surface area (Å²) in [5, 5.41) is 4.42. The van der Waals surface area contributed by atoms with E-state index >= 15 is 0 Å². The molecule has 0 bridgehead atoms. The number of thiophene rings is 1. The van der Waals surface area contributed by atoms with E-state index in [-0.39, 0.29) is 23.3 Å². The highest BCUT2D eigenvalue weighted by molar-refractivity contribution is 7.80. The van der Waals surface area contributed by atoms with Gasteiger partial charge in [-0.05, 0) is 46.8 Å². The molecule has 2 rings (SSSR count). The molecule has 2 amide bonds. The van der Waals surface area contributed by atoms with Crippen LogP contribution in [0.5, 0.6) is 0 Å². The molecule has 0 aliphatic rings. The first kappa shape index (κ1) is 19.8. The van der Waals surface area contributed by atoms with Gasteiger partial charge in [-0.1, -0.05) is 44.2 Å². The van der Waals surface area contributed by atoms with Crippen molar-refractivity contribution in [3.8, 4) is 0 Å². The van der Waals surface area contributed by atoms with Crippen LogP contribution in [0.25, 0.3) is 6.08 Å². The van der Waals surface area contributed by atoms with Gasteiger partial charge in [0.1, 0.15) is 0 Å². The maximum absolute atomic E-state index is 11.9. The molecule has 0 fully saturated rings. The second-order valence-corrected chi connectivity index (χ2v) is 7.34. The van der Waals surface area contributed by atoms with E-state index in [1.54, 1.807) is 6.08 Å².